The third-order valence-corrected chi connectivity index (χ3v) is 3.01. The predicted octanol–water partition coefficient (Wildman–Crippen LogP) is 2.03. The standard InChI is InChI=1S/C10H18O2/c1-8(7-11)9-3-5-10(12-2)6-4-9/h7-10H,3-6H2,1-2H3. The van der Waals surface area contributed by atoms with Gasteiger partial charge in [0.2, 0.25) is 0 Å². The topological polar surface area (TPSA) is 26.3 Å². The molecule has 1 fully saturated rings. The summed E-state index contributed by atoms with van der Waals surface area (Å²) in [6.07, 6.45) is 6.08. The van der Waals surface area contributed by atoms with Crippen LogP contribution in [0.15, 0.2) is 0 Å². The number of carbonyl (C=O) groups excluding carboxylic acids is 1. The smallest absolute Gasteiger partial charge is 0.123 e. The van der Waals surface area contributed by atoms with Crippen molar-refractivity contribution in [3.63, 3.8) is 0 Å². The quantitative estimate of drug-likeness (QED) is 0.606. The van der Waals surface area contributed by atoms with Gasteiger partial charge in [0.05, 0.1) is 6.10 Å². The van der Waals surface area contributed by atoms with Crippen LogP contribution in [0.1, 0.15) is 32.6 Å². The molecule has 0 aromatic rings. The fraction of sp³-hybridized carbons (Fsp3) is 0.900. The Kier molecular flexibility index (Phi) is 3.73. The van der Waals surface area contributed by atoms with Crippen LogP contribution in [-0.2, 0) is 9.53 Å². The van der Waals surface area contributed by atoms with Gasteiger partial charge in [-0.05, 0) is 31.6 Å². The van der Waals surface area contributed by atoms with Crippen LogP contribution in [-0.4, -0.2) is 19.5 Å². The van der Waals surface area contributed by atoms with E-state index in [1.165, 1.54) is 0 Å². The summed E-state index contributed by atoms with van der Waals surface area (Å²) >= 11 is 0. The second-order valence-corrected chi connectivity index (χ2v) is 3.77. The van der Waals surface area contributed by atoms with Crippen molar-refractivity contribution >= 4 is 6.29 Å². The van der Waals surface area contributed by atoms with Gasteiger partial charge in [0.25, 0.3) is 0 Å². The Hall–Kier alpha value is -0.370. The van der Waals surface area contributed by atoms with Crippen LogP contribution in [0.3, 0.4) is 0 Å². The summed E-state index contributed by atoms with van der Waals surface area (Å²) in [6.45, 7) is 2.02. The molecule has 0 saturated heterocycles. The Balaban J connectivity index is 2.30. The third-order valence-electron chi connectivity index (χ3n) is 3.01. The van der Waals surface area contributed by atoms with Crippen molar-refractivity contribution in [2.45, 2.75) is 38.7 Å². The number of hydrogen-bond donors (Lipinski definition) is 0. The maximum absolute atomic E-state index is 10.5. The summed E-state index contributed by atoms with van der Waals surface area (Å²) < 4.78 is 5.26. The average molecular weight is 170 g/mol. The lowest BCUT2D eigenvalue weighted by Gasteiger charge is -2.29. The van der Waals surface area contributed by atoms with E-state index in [1.807, 2.05) is 6.92 Å². The minimum absolute atomic E-state index is 0.239. The maximum Gasteiger partial charge on any atom is 0.123 e. The molecule has 1 atom stereocenters. The zero-order valence-electron chi connectivity index (χ0n) is 7.95. The summed E-state index contributed by atoms with van der Waals surface area (Å²) in [6, 6.07) is 0. The summed E-state index contributed by atoms with van der Waals surface area (Å²) in [5, 5.41) is 0. The van der Waals surface area contributed by atoms with Crippen LogP contribution in [0.4, 0.5) is 0 Å². The second-order valence-electron chi connectivity index (χ2n) is 3.77. The monoisotopic (exact) mass is 170 g/mol. The van der Waals surface area contributed by atoms with Crippen LogP contribution in [0, 0.1) is 11.8 Å². The normalized spacial score (nSPS) is 32.8. The Morgan fingerprint density at radius 3 is 2.33 bits per heavy atom. The first-order chi connectivity index (χ1) is 5.77. The van der Waals surface area contributed by atoms with Gasteiger partial charge in [0.1, 0.15) is 6.29 Å². The first-order valence-electron chi connectivity index (χ1n) is 4.76. The summed E-state index contributed by atoms with van der Waals surface area (Å²) in [5.74, 6) is 0.844. The molecule has 0 aliphatic heterocycles. The van der Waals surface area contributed by atoms with E-state index in [0.29, 0.717) is 12.0 Å². The molecule has 0 amide bonds. The SMILES string of the molecule is COC1CCC(C(C)C=O)CC1. The number of carbonyl (C=O) groups is 1. The molecular formula is C10H18O2. The fourth-order valence-electron chi connectivity index (χ4n) is 1.96. The highest BCUT2D eigenvalue weighted by Gasteiger charge is 2.24. The molecule has 1 saturated carbocycles. The Bertz CT molecular complexity index is 137. The van der Waals surface area contributed by atoms with E-state index < -0.39 is 0 Å². The number of hydrogen-bond acceptors (Lipinski definition) is 2. The molecule has 1 aliphatic rings. The van der Waals surface area contributed by atoms with Gasteiger partial charge in [-0.3, -0.25) is 0 Å². The van der Waals surface area contributed by atoms with Crippen molar-refractivity contribution in [2.75, 3.05) is 7.11 Å². The molecule has 70 valence electrons. The zero-order chi connectivity index (χ0) is 8.97. The van der Waals surface area contributed by atoms with E-state index in [0.717, 1.165) is 32.0 Å². The summed E-state index contributed by atoms with van der Waals surface area (Å²) in [7, 11) is 1.77. The molecule has 2 heteroatoms. The van der Waals surface area contributed by atoms with E-state index in [-0.39, 0.29) is 5.92 Å². The Morgan fingerprint density at radius 1 is 1.33 bits per heavy atom. The van der Waals surface area contributed by atoms with Gasteiger partial charge in [0, 0.05) is 13.0 Å². The van der Waals surface area contributed by atoms with E-state index in [9.17, 15) is 4.79 Å². The number of ether oxygens (including phenoxy) is 1. The van der Waals surface area contributed by atoms with Crippen molar-refractivity contribution in [1.29, 1.82) is 0 Å². The number of rotatable bonds is 3. The van der Waals surface area contributed by atoms with Gasteiger partial charge in [-0.2, -0.15) is 0 Å². The van der Waals surface area contributed by atoms with E-state index in [4.69, 9.17) is 4.74 Å². The van der Waals surface area contributed by atoms with Gasteiger partial charge < -0.3 is 9.53 Å². The van der Waals surface area contributed by atoms with E-state index in [2.05, 4.69) is 0 Å². The number of aldehydes is 1. The van der Waals surface area contributed by atoms with Gasteiger partial charge in [0.15, 0.2) is 0 Å². The van der Waals surface area contributed by atoms with Gasteiger partial charge in [-0.1, -0.05) is 6.92 Å². The molecule has 0 bridgehead atoms. The van der Waals surface area contributed by atoms with Crippen LogP contribution < -0.4 is 0 Å². The van der Waals surface area contributed by atoms with Gasteiger partial charge >= 0.3 is 0 Å². The van der Waals surface area contributed by atoms with E-state index >= 15 is 0 Å². The molecule has 0 spiro atoms. The lowest BCUT2D eigenvalue weighted by atomic mass is 9.80. The summed E-state index contributed by atoms with van der Waals surface area (Å²) in [5.41, 5.74) is 0. The largest absolute Gasteiger partial charge is 0.381 e. The molecular weight excluding hydrogens is 152 g/mol. The molecule has 0 N–H and O–H groups in total. The van der Waals surface area contributed by atoms with Crippen LogP contribution in [0.25, 0.3) is 0 Å². The van der Waals surface area contributed by atoms with Crippen molar-refractivity contribution in [3.8, 4) is 0 Å². The maximum atomic E-state index is 10.5. The highest BCUT2D eigenvalue weighted by atomic mass is 16.5. The van der Waals surface area contributed by atoms with Gasteiger partial charge in [-0.15, -0.1) is 0 Å². The third kappa shape index (κ3) is 2.31. The highest BCUT2D eigenvalue weighted by Crippen LogP contribution is 2.30. The van der Waals surface area contributed by atoms with Crippen LogP contribution in [0.5, 0.6) is 0 Å². The Morgan fingerprint density at radius 2 is 1.92 bits per heavy atom. The molecule has 1 unspecified atom stereocenters. The first kappa shape index (κ1) is 9.72. The molecule has 0 aromatic heterocycles. The van der Waals surface area contributed by atoms with Crippen LogP contribution >= 0.6 is 0 Å². The van der Waals surface area contributed by atoms with Gasteiger partial charge in [-0.25, -0.2) is 0 Å². The predicted molar refractivity (Wildman–Crippen MR) is 48.0 cm³/mol. The average Bonchev–Trinajstić information content (AvgIpc) is 2.17. The lowest BCUT2D eigenvalue weighted by Crippen LogP contribution is -2.24. The second kappa shape index (κ2) is 4.61. The molecule has 0 aromatic carbocycles. The minimum atomic E-state index is 0.239. The minimum Gasteiger partial charge on any atom is -0.381 e. The number of methoxy groups -OCH3 is 1. The highest BCUT2D eigenvalue weighted by molar-refractivity contribution is 5.53. The van der Waals surface area contributed by atoms with Crippen LogP contribution in [0.2, 0.25) is 0 Å². The van der Waals surface area contributed by atoms with Crippen molar-refractivity contribution < 1.29 is 9.53 Å². The molecule has 12 heavy (non-hydrogen) atoms. The Labute approximate surface area is 74.3 Å². The molecule has 1 rings (SSSR count). The molecule has 0 heterocycles. The fourth-order valence-corrected chi connectivity index (χ4v) is 1.96. The van der Waals surface area contributed by atoms with E-state index in [1.54, 1.807) is 7.11 Å². The summed E-state index contributed by atoms with van der Waals surface area (Å²) in [4.78, 5) is 10.5. The van der Waals surface area contributed by atoms with Crippen molar-refractivity contribution in [1.82, 2.24) is 0 Å². The zero-order valence-corrected chi connectivity index (χ0v) is 7.95. The molecule has 2 nitrogen and oxygen atoms in total. The first-order valence-corrected chi connectivity index (χ1v) is 4.76. The van der Waals surface area contributed by atoms with Crippen molar-refractivity contribution in [2.24, 2.45) is 11.8 Å². The lowest BCUT2D eigenvalue weighted by molar-refractivity contribution is -0.112. The molecule has 1 aliphatic carbocycles. The van der Waals surface area contributed by atoms with Crippen molar-refractivity contribution in [3.05, 3.63) is 0 Å². The molecule has 0 radical (unpaired) electrons.